The van der Waals surface area contributed by atoms with Crippen molar-refractivity contribution in [1.29, 1.82) is 0 Å². The third kappa shape index (κ3) is 6.57. The number of benzene rings is 2. The molecule has 0 saturated heterocycles. The normalized spacial score (nSPS) is 12.7. The smallest absolute Gasteiger partial charge is 0.261 e. The van der Waals surface area contributed by atoms with Crippen molar-refractivity contribution in [1.82, 2.24) is 10.2 Å². The molecule has 0 radical (unpaired) electrons. The number of hydrogen-bond acceptors (Lipinski definition) is 3. The second-order valence-electron chi connectivity index (χ2n) is 6.75. The highest BCUT2D eigenvalue weighted by Gasteiger charge is 2.27. The first-order valence-electron chi connectivity index (χ1n) is 9.42. The molecule has 0 heterocycles. The largest absolute Gasteiger partial charge is 0.484 e. The Bertz CT molecular complexity index is 782. The fourth-order valence-electron chi connectivity index (χ4n) is 2.61. The van der Waals surface area contributed by atoms with Crippen LogP contribution in [0.4, 0.5) is 0 Å². The van der Waals surface area contributed by atoms with Gasteiger partial charge >= 0.3 is 0 Å². The molecule has 0 aliphatic heterocycles. The van der Waals surface area contributed by atoms with Gasteiger partial charge in [-0.3, -0.25) is 9.59 Å². The Morgan fingerprint density at radius 1 is 1.11 bits per heavy atom. The summed E-state index contributed by atoms with van der Waals surface area (Å²) in [4.78, 5) is 27.0. The van der Waals surface area contributed by atoms with Gasteiger partial charge in [-0.15, -0.1) is 0 Å². The number of rotatable bonds is 9. The van der Waals surface area contributed by atoms with E-state index in [1.807, 2.05) is 44.2 Å². The lowest BCUT2D eigenvalue weighted by atomic mass is 10.1. The monoisotopic (exact) mass is 402 g/mol. The summed E-state index contributed by atoms with van der Waals surface area (Å²) in [6, 6.07) is 15.9. The van der Waals surface area contributed by atoms with Gasteiger partial charge in [-0.1, -0.05) is 54.9 Å². The number of ether oxygens (including phenoxy) is 1. The maximum absolute atomic E-state index is 12.9. The van der Waals surface area contributed by atoms with Gasteiger partial charge in [0.2, 0.25) is 5.91 Å². The van der Waals surface area contributed by atoms with Crippen LogP contribution in [0.3, 0.4) is 0 Å². The van der Waals surface area contributed by atoms with Crippen LogP contribution in [0.1, 0.15) is 32.8 Å². The van der Waals surface area contributed by atoms with Crippen LogP contribution in [0.2, 0.25) is 5.02 Å². The van der Waals surface area contributed by atoms with E-state index in [0.29, 0.717) is 17.3 Å². The molecule has 0 saturated carbocycles. The van der Waals surface area contributed by atoms with Crippen molar-refractivity contribution in [2.24, 2.45) is 0 Å². The SMILES string of the molecule is CCC(C)NC(=O)C(C)N(Cc1ccccc1)C(=O)COc1cccc(Cl)c1. The minimum absolute atomic E-state index is 0.0475. The predicted octanol–water partition coefficient (Wildman–Crippen LogP) is 4.05. The van der Waals surface area contributed by atoms with Crippen molar-refractivity contribution in [2.45, 2.75) is 45.8 Å². The summed E-state index contributed by atoms with van der Waals surface area (Å²) in [5.41, 5.74) is 0.946. The lowest BCUT2D eigenvalue weighted by Crippen LogP contribution is -2.50. The molecule has 0 aliphatic carbocycles. The van der Waals surface area contributed by atoms with Gasteiger partial charge in [-0.25, -0.2) is 0 Å². The van der Waals surface area contributed by atoms with E-state index in [1.165, 1.54) is 4.90 Å². The molecule has 0 spiro atoms. The van der Waals surface area contributed by atoms with Gasteiger partial charge < -0.3 is 15.0 Å². The first kappa shape index (κ1) is 21.8. The van der Waals surface area contributed by atoms with Gasteiger partial charge in [0, 0.05) is 17.6 Å². The number of carbonyl (C=O) groups excluding carboxylic acids is 2. The maximum Gasteiger partial charge on any atom is 0.261 e. The number of nitrogens with one attached hydrogen (secondary N) is 1. The molecule has 0 fully saturated rings. The first-order chi connectivity index (χ1) is 13.4. The summed E-state index contributed by atoms with van der Waals surface area (Å²) in [6.45, 7) is 5.83. The summed E-state index contributed by atoms with van der Waals surface area (Å²) in [7, 11) is 0. The Kier molecular flexibility index (Phi) is 8.33. The van der Waals surface area contributed by atoms with E-state index in [1.54, 1.807) is 31.2 Å². The Labute approximate surface area is 171 Å². The van der Waals surface area contributed by atoms with Crippen molar-refractivity contribution >= 4 is 23.4 Å². The van der Waals surface area contributed by atoms with E-state index in [0.717, 1.165) is 12.0 Å². The number of halogens is 1. The van der Waals surface area contributed by atoms with E-state index in [-0.39, 0.29) is 24.5 Å². The quantitative estimate of drug-likeness (QED) is 0.688. The van der Waals surface area contributed by atoms with Crippen LogP contribution in [0.25, 0.3) is 0 Å². The number of hydrogen-bond donors (Lipinski definition) is 1. The molecule has 2 atom stereocenters. The summed E-state index contributed by atoms with van der Waals surface area (Å²) in [5.74, 6) is 0.0641. The van der Waals surface area contributed by atoms with Gasteiger partial charge in [-0.2, -0.15) is 0 Å². The molecule has 6 heteroatoms. The highest BCUT2D eigenvalue weighted by molar-refractivity contribution is 6.30. The molecule has 2 rings (SSSR count). The summed E-state index contributed by atoms with van der Waals surface area (Å²) >= 11 is 5.96. The fourth-order valence-corrected chi connectivity index (χ4v) is 2.79. The lowest BCUT2D eigenvalue weighted by Gasteiger charge is -2.29. The molecule has 2 unspecified atom stereocenters. The van der Waals surface area contributed by atoms with Gasteiger partial charge in [0.25, 0.3) is 5.91 Å². The number of nitrogens with zero attached hydrogens (tertiary/aromatic N) is 1. The Morgan fingerprint density at radius 3 is 2.46 bits per heavy atom. The molecular formula is C22H27ClN2O3. The maximum atomic E-state index is 12.9. The van der Waals surface area contributed by atoms with Crippen molar-refractivity contribution in [3.05, 3.63) is 65.2 Å². The van der Waals surface area contributed by atoms with Crippen LogP contribution in [0.15, 0.2) is 54.6 Å². The lowest BCUT2D eigenvalue weighted by molar-refractivity contribution is -0.142. The Hall–Kier alpha value is -2.53. The zero-order valence-electron chi connectivity index (χ0n) is 16.5. The second-order valence-corrected chi connectivity index (χ2v) is 7.18. The molecule has 1 N–H and O–H groups in total. The zero-order valence-corrected chi connectivity index (χ0v) is 17.3. The van der Waals surface area contributed by atoms with Crippen molar-refractivity contribution in [3.8, 4) is 5.75 Å². The van der Waals surface area contributed by atoms with Gasteiger partial charge in [0.1, 0.15) is 11.8 Å². The van der Waals surface area contributed by atoms with E-state index in [4.69, 9.17) is 16.3 Å². The molecule has 0 aromatic heterocycles. The van der Waals surface area contributed by atoms with E-state index in [9.17, 15) is 9.59 Å². The Balaban J connectivity index is 2.11. The summed E-state index contributed by atoms with van der Waals surface area (Å²) in [6.07, 6.45) is 0.822. The van der Waals surface area contributed by atoms with Crippen molar-refractivity contribution in [2.75, 3.05) is 6.61 Å². The average molecular weight is 403 g/mol. The van der Waals surface area contributed by atoms with Crippen LogP contribution in [0.5, 0.6) is 5.75 Å². The first-order valence-corrected chi connectivity index (χ1v) is 9.80. The fraction of sp³-hybridized carbons (Fsp3) is 0.364. The highest BCUT2D eigenvalue weighted by atomic mass is 35.5. The van der Waals surface area contributed by atoms with Crippen molar-refractivity contribution < 1.29 is 14.3 Å². The number of carbonyl (C=O) groups is 2. The van der Waals surface area contributed by atoms with Crippen LogP contribution in [-0.4, -0.2) is 35.4 Å². The second kappa shape index (κ2) is 10.7. The molecule has 0 bridgehead atoms. The van der Waals surface area contributed by atoms with Crippen LogP contribution < -0.4 is 10.1 Å². The molecular weight excluding hydrogens is 376 g/mol. The van der Waals surface area contributed by atoms with Crippen LogP contribution >= 0.6 is 11.6 Å². The molecule has 150 valence electrons. The molecule has 5 nitrogen and oxygen atoms in total. The predicted molar refractivity (Wildman–Crippen MR) is 111 cm³/mol. The summed E-state index contributed by atoms with van der Waals surface area (Å²) in [5, 5.41) is 3.48. The minimum Gasteiger partial charge on any atom is -0.484 e. The Morgan fingerprint density at radius 2 is 1.82 bits per heavy atom. The third-order valence-corrected chi connectivity index (χ3v) is 4.76. The molecule has 2 aromatic rings. The number of amides is 2. The van der Waals surface area contributed by atoms with Crippen LogP contribution in [-0.2, 0) is 16.1 Å². The molecule has 2 aromatic carbocycles. The van der Waals surface area contributed by atoms with Crippen molar-refractivity contribution in [3.63, 3.8) is 0 Å². The highest BCUT2D eigenvalue weighted by Crippen LogP contribution is 2.17. The molecule has 0 aliphatic rings. The minimum atomic E-state index is -0.621. The third-order valence-electron chi connectivity index (χ3n) is 4.52. The topological polar surface area (TPSA) is 58.6 Å². The van der Waals surface area contributed by atoms with E-state index < -0.39 is 6.04 Å². The van der Waals surface area contributed by atoms with Gasteiger partial charge in [0.05, 0.1) is 0 Å². The zero-order chi connectivity index (χ0) is 20.5. The van der Waals surface area contributed by atoms with Gasteiger partial charge in [0.15, 0.2) is 6.61 Å². The van der Waals surface area contributed by atoms with E-state index in [2.05, 4.69) is 5.32 Å². The van der Waals surface area contributed by atoms with E-state index >= 15 is 0 Å². The molecule has 2 amide bonds. The molecule has 28 heavy (non-hydrogen) atoms. The van der Waals surface area contributed by atoms with Crippen LogP contribution in [0, 0.1) is 0 Å². The average Bonchev–Trinajstić information content (AvgIpc) is 2.70. The standard InChI is InChI=1S/C22H27ClN2O3/c1-4-16(2)24-22(27)17(3)25(14-18-9-6-5-7-10-18)21(26)15-28-20-12-8-11-19(23)13-20/h5-13,16-17H,4,14-15H2,1-3H3,(H,24,27). The van der Waals surface area contributed by atoms with Gasteiger partial charge in [-0.05, 0) is 44.0 Å². The summed E-state index contributed by atoms with van der Waals surface area (Å²) < 4.78 is 5.59.